The Balaban J connectivity index is 1.44. The topological polar surface area (TPSA) is 55.9 Å². The molecule has 1 atom stereocenters. The van der Waals surface area contributed by atoms with Crippen LogP contribution in [0.3, 0.4) is 0 Å². The van der Waals surface area contributed by atoms with Crippen LogP contribution in [0.5, 0.6) is 0 Å². The maximum atomic E-state index is 13.0. The second-order valence-electron chi connectivity index (χ2n) is 8.34. The average molecular weight is 405 g/mol. The summed E-state index contributed by atoms with van der Waals surface area (Å²) in [6.45, 7) is 5.16. The fourth-order valence-electron chi connectivity index (χ4n) is 4.15. The quantitative estimate of drug-likeness (QED) is 0.838. The molecule has 1 saturated carbocycles. The number of hydrogen-bond donors (Lipinski definition) is 1. The lowest BCUT2D eigenvalue weighted by molar-refractivity contribution is -0.135. The van der Waals surface area contributed by atoms with Gasteiger partial charge in [-0.15, -0.1) is 0 Å². The highest BCUT2D eigenvalue weighted by Gasteiger charge is 2.36. The number of nitrogens with one attached hydrogen (secondary N) is 1. The zero-order valence-corrected chi connectivity index (χ0v) is 17.2. The molecule has 3 fully saturated rings. The molecule has 1 unspecified atom stereocenters. The van der Waals surface area contributed by atoms with Crippen LogP contribution in [0.4, 0.5) is 11.4 Å². The van der Waals surface area contributed by atoms with Crippen molar-refractivity contribution in [2.75, 3.05) is 56.5 Å². The van der Waals surface area contributed by atoms with Gasteiger partial charge in [-0.2, -0.15) is 0 Å². The molecule has 6 nitrogen and oxygen atoms in total. The van der Waals surface area contributed by atoms with Gasteiger partial charge in [-0.25, -0.2) is 0 Å². The van der Waals surface area contributed by atoms with E-state index in [4.69, 9.17) is 11.6 Å². The number of halogens is 1. The van der Waals surface area contributed by atoms with Gasteiger partial charge >= 0.3 is 0 Å². The number of carbonyl (C=O) groups excluding carboxylic acids is 2. The summed E-state index contributed by atoms with van der Waals surface area (Å²) in [5.74, 6) is 0.277. The van der Waals surface area contributed by atoms with Crippen molar-refractivity contribution in [2.45, 2.75) is 25.7 Å². The Kier molecular flexibility index (Phi) is 5.78. The molecule has 2 saturated heterocycles. The summed E-state index contributed by atoms with van der Waals surface area (Å²) < 4.78 is 0. The second kappa shape index (κ2) is 8.29. The number of piperidine rings is 1. The van der Waals surface area contributed by atoms with Gasteiger partial charge in [0.15, 0.2) is 0 Å². The summed E-state index contributed by atoms with van der Waals surface area (Å²) in [5, 5.41) is 3.73. The molecule has 0 spiro atoms. The van der Waals surface area contributed by atoms with E-state index in [0.29, 0.717) is 11.6 Å². The smallest absolute Gasteiger partial charge is 0.229 e. The third-order valence-corrected chi connectivity index (χ3v) is 6.33. The Morgan fingerprint density at radius 2 is 1.79 bits per heavy atom. The summed E-state index contributed by atoms with van der Waals surface area (Å²) >= 11 is 6.22. The van der Waals surface area contributed by atoms with Gasteiger partial charge in [0.2, 0.25) is 11.8 Å². The van der Waals surface area contributed by atoms with E-state index in [1.165, 1.54) is 0 Å². The Morgan fingerprint density at radius 1 is 1.04 bits per heavy atom. The number of likely N-dealkylation sites (N-methyl/N-ethyl adjacent to an activating group) is 1. The molecule has 0 aromatic heterocycles. The fourth-order valence-corrected chi connectivity index (χ4v) is 4.32. The second-order valence-corrected chi connectivity index (χ2v) is 8.78. The van der Waals surface area contributed by atoms with Crippen molar-refractivity contribution in [3.05, 3.63) is 23.2 Å². The highest BCUT2D eigenvalue weighted by atomic mass is 35.5. The molecule has 152 valence electrons. The molecule has 1 N–H and O–H groups in total. The molecule has 0 radical (unpaired) electrons. The number of anilines is 2. The first-order chi connectivity index (χ1) is 13.5. The Bertz CT molecular complexity index is 744. The van der Waals surface area contributed by atoms with Crippen LogP contribution in [0.25, 0.3) is 0 Å². The molecule has 0 bridgehead atoms. The standard InChI is InChI=1S/C21H29ClN4O2/c1-24-9-11-25(12-10-24)19-7-6-17(22)13-18(19)23-20(27)16-3-2-8-26(14-16)21(28)15-4-5-15/h6-7,13,15-16H,2-5,8-12,14H2,1H3,(H,23,27). The van der Waals surface area contributed by atoms with E-state index in [1.807, 2.05) is 23.1 Å². The van der Waals surface area contributed by atoms with Gasteiger partial charge in [-0.1, -0.05) is 11.6 Å². The average Bonchev–Trinajstić information content (AvgIpc) is 3.54. The van der Waals surface area contributed by atoms with Crippen LogP contribution >= 0.6 is 11.6 Å². The van der Waals surface area contributed by atoms with Crippen molar-refractivity contribution >= 4 is 34.8 Å². The van der Waals surface area contributed by atoms with E-state index in [-0.39, 0.29) is 23.7 Å². The highest BCUT2D eigenvalue weighted by Crippen LogP contribution is 2.34. The lowest BCUT2D eigenvalue weighted by atomic mass is 9.96. The summed E-state index contributed by atoms with van der Waals surface area (Å²) in [7, 11) is 2.12. The normalized spacial score (nSPS) is 23.6. The first kappa shape index (κ1) is 19.5. The number of carbonyl (C=O) groups is 2. The number of nitrogens with zero attached hydrogens (tertiary/aromatic N) is 3. The lowest BCUT2D eigenvalue weighted by Crippen LogP contribution is -2.45. The van der Waals surface area contributed by atoms with Gasteiger partial charge in [0.1, 0.15) is 0 Å². The minimum Gasteiger partial charge on any atom is -0.367 e. The Morgan fingerprint density at radius 3 is 2.50 bits per heavy atom. The maximum Gasteiger partial charge on any atom is 0.229 e. The molecule has 1 aromatic rings. The van der Waals surface area contributed by atoms with Gasteiger partial charge < -0.3 is 20.0 Å². The van der Waals surface area contributed by atoms with Crippen molar-refractivity contribution < 1.29 is 9.59 Å². The number of amides is 2. The van der Waals surface area contributed by atoms with Crippen molar-refractivity contribution in [1.82, 2.24) is 9.80 Å². The molecule has 4 rings (SSSR count). The SMILES string of the molecule is CN1CCN(c2ccc(Cl)cc2NC(=O)C2CCCN(C(=O)C3CC3)C2)CC1. The summed E-state index contributed by atoms with van der Waals surface area (Å²) in [6.07, 6.45) is 3.72. The molecule has 28 heavy (non-hydrogen) atoms. The van der Waals surface area contributed by atoms with Crippen LogP contribution in [-0.2, 0) is 9.59 Å². The molecule has 2 amide bonds. The van der Waals surface area contributed by atoms with Crippen molar-refractivity contribution in [3.63, 3.8) is 0 Å². The molecule has 3 aliphatic rings. The number of piperazine rings is 1. The highest BCUT2D eigenvalue weighted by molar-refractivity contribution is 6.31. The van der Waals surface area contributed by atoms with Crippen molar-refractivity contribution in [1.29, 1.82) is 0 Å². The molecular weight excluding hydrogens is 376 g/mol. The fraction of sp³-hybridized carbons (Fsp3) is 0.619. The Hall–Kier alpha value is -1.79. The van der Waals surface area contributed by atoms with Gasteiger partial charge in [-0.3, -0.25) is 9.59 Å². The summed E-state index contributed by atoms with van der Waals surface area (Å²) in [5.41, 5.74) is 1.79. The summed E-state index contributed by atoms with van der Waals surface area (Å²) in [4.78, 5) is 31.9. The van der Waals surface area contributed by atoms with Crippen LogP contribution in [0.1, 0.15) is 25.7 Å². The van der Waals surface area contributed by atoms with Crippen LogP contribution in [0.2, 0.25) is 5.02 Å². The molecule has 2 aliphatic heterocycles. The number of benzene rings is 1. The lowest BCUT2D eigenvalue weighted by Gasteiger charge is -2.36. The Labute approximate surface area is 171 Å². The van der Waals surface area contributed by atoms with E-state index in [9.17, 15) is 9.59 Å². The van der Waals surface area contributed by atoms with E-state index >= 15 is 0 Å². The van der Waals surface area contributed by atoms with E-state index < -0.39 is 0 Å². The largest absolute Gasteiger partial charge is 0.367 e. The predicted molar refractivity (Wildman–Crippen MR) is 112 cm³/mol. The van der Waals surface area contributed by atoms with Gasteiger partial charge in [-0.05, 0) is 50.9 Å². The van der Waals surface area contributed by atoms with E-state index in [0.717, 1.165) is 69.8 Å². The number of likely N-dealkylation sites (tertiary alicyclic amines) is 1. The van der Waals surface area contributed by atoms with E-state index in [1.54, 1.807) is 0 Å². The van der Waals surface area contributed by atoms with Crippen LogP contribution in [0.15, 0.2) is 18.2 Å². The van der Waals surface area contributed by atoms with Gasteiger partial charge in [0, 0.05) is 50.2 Å². The molecular formula is C21H29ClN4O2. The van der Waals surface area contributed by atoms with Gasteiger partial charge in [0.25, 0.3) is 0 Å². The molecule has 1 aromatic carbocycles. The molecule has 2 heterocycles. The van der Waals surface area contributed by atoms with Crippen LogP contribution in [-0.4, -0.2) is 67.9 Å². The molecule has 1 aliphatic carbocycles. The third kappa shape index (κ3) is 4.44. The van der Waals surface area contributed by atoms with Crippen molar-refractivity contribution in [3.8, 4) is 0 Å². The van der Waals surface area contributed by atoms with Crippen LogP contribution in [0, 0.1) is 11.8 Å². The van der Waals surface area contributed by atoms with Crippen molar-refractivity contribution in [2.24, 2.45) is 11.8 Å². The predicted octanol–water partition coefficient (Wildman–Crippen LogP) is 2.68. The monoisotopic (exact) mass is 404 g/mol. The van der Waals surface area contributed by atoms with Gasteiger partial charge in [0.05, 0.1) is 17.3 Å². The third-order valence-electron chi connectivity index (χ3n) is 6.09. The molecule has 7 heteroatoms. The first-order valence-electron chi connectivity index (χ1n) is 10.3. The van der Waals surface area contributed by atoms with Crippen LogP contribution < -0.4 is 10.2 Å². The number of hydrogen-bond acceptors (Lipinski definition) is 4. The summed E-state index contributed by atoms with van der Waals surface area (Å²) in [6, 6.07) is 5.71. The first-order valence-corrected chi connectivity index (χ1v) is 10.7. The number of rotatable bonds is 4. The van der Waals surface area contributed by atoms with E-state index in [2.05, 4.69) is 22.2 Å². The maximum absolute atomic E-state index is 13.0. The zero-order chi connectivity index (χ0) is 19.7. The minimum absolute atomic E-state index is 0.00839. The minimum atomic E-state index is -0.157. The zero-order valence-electron chi connectivity index (χ0n) is 16.5.